The smallest absolute Gasteiger partial charge is 0.224 e. The van der Waals surface area contributed by atoms with Gasteiger partial charge in [0, 0.05) is 19.5 Å². The molecule has 0 saturated heterocycles. The van der Waals surface area contributed by atoms with Crippen molar-refractivity contribution in [2.75, 3.05) is 13.6 Å². The van der Waals surface area contributed by atoms with Crippen molar-refractivity contribution >= 4 is 5.91 Å². The number of amides is 1. The number of unbranched alkanes of at least 4 members (excludes halogenated alkanes) is 2. The number of hydrogen-bond donors (Lipinski definition) is 0. The number of benzene rings is 2. The van der Waals surface area contributed by atoms with Crippen molar-refractivity contribution in [3.8, 4) is 11.1 Å². The van der Waals surface area contributed by atoms with E-state index in [1.165, 1.54) is 53.5 Å². The zero-order chi connectivity index (χ0) is 21.2. The van der Waals surface area contributed by atoms with Gasteiger partial charge < -0.3 is 4.90 Å². The molecule has 0 aromatic heterocycles. The monoisotopic (exact) mass is 393 g/mol. The lowest BCUT2D eigenvalue weighted by Crippen LogP contribution is -2.31. The minimum absolute atomic E-state index is 0.0732. The third-order valence-electron chi connectivity index (χ3n) is 5.71. The van der Waals surface area contributed by atoms with Gasteiger partial charge in [0.05, 0.1) is 0 Å². The van der Waals surface area contributed by atoms with Gasteiger partial charge in [0.1, 0.15) is 0 Å². The summed E-state index contributed by atoms with van der Waals surface area (Å²) in [5.74, 6) is 0.303. The van der Waals surface area contributed by atoms with E-state index >= 15 is 0 Å². The predicted octanol–water partition coefficient (Wildman–Crippen LogP) is 6.70. The second-order valence-electron chi connectivity index (χ2n) is 8.52. The average molecular weight is 394 g/mol. The maximum absolute atomic E-state index is 12.0. The molecule has 0 heterocycles. The van der Waals surface area contributed by atoms with Crippen LogP contribution in [0.4, 0.5) is 0 Å². The molecule has 0 spiro atoms. The van der Waals surface area contributed by atoms with Crippen LogP contribution in [-0.4, -0.2) is 24.4 Å². The van der Waals surface area contributed by atoms with Crippen molar-refractivity contribution < 1.29 is 4.79 Å². The summed E-state index contributed by atoms with van der Waals surface area (Å²) in [5, 5.41) is 0. The molecule has 29 heavy (non-hydrogen) atoms. The molecule has 2 aromatic carbocycles. The molecule has 0 unspecified atom stereocenters. The van der Waals surface area contributed by atoms with Gasteiger partial charge in [-0.15, -0.1) is 0 Å². The minimum Gasteiger partial charge on any atom is -0.346 e. The van der Waals surface area contributed by atoms with E-state index in [0.29, 0.717) is 0 Å². The van der Waals surface area contributed by atoms with Crippen molar-refractivity contribution in [3.63, 3.8) is 0 Å². The Kier molecular flexibility index (Phi) is 9.44. The van der Waals surface area contributed by atoms with Crippen LogP contribution in [0.1, 0.15) is 70.1 Å². The molecule has 0 radical (unpaired) electrons. The number of aryl methyl sites for hydroxylation is 3. The van der Waals surface area contributed by atoms with E-state index in [4.69, 9.17) is 0 Å². The number of rotatable bonds is 11. The SMILES string of the molecule is CCCCCc1ccc(-c2ccc(CCCN(C)C(=O)C(C)C)cc2CC)cc1. The zero-order valence-corrected chi connectivity index (χ0v) is 19.1. The molecule has 158 valence electrons. The highest BCUT2D eigenvalue weighted by atomic mass is 16.2. The van der Waals surface area contributed by atoms with Crippen LogP contribution >= 0.6 is 0 Å². The minimum atomic E-state index is 0.0732. The number of nitrogens with zero attached hydrogens (tertiary/aromatic N) is 1. The summed E-state index contributed by atoms with van der Waals surface area (Å²) in [7, 11) is 1.91. The molecule has 1 amide bonds. The van der Waals surface area contributed by atoms with Crippen molar-refractivity contribution in [2.45, 2.75) is 72.6 Å². The predicted molar refractivity (Wildman–Crippen MR) is 125 cm³/mol. The Morgan fingerprint density at radius 1 is 0.897 bits per heavy atom. The normalized spacial score (nSPS) is 11.1. The van der Waals surface area contributed by atoms with Crippen LogP contribution in [0.15, 0.2) is 42.5 Å². The molecule has 0 aliphatic rings. The lowest BCUT2D eigenvalue weighted by Gasteiger charge is -2.19. The highest BCUT2D eigenvalue weighted by molar-refractivity contribution is 5.77. The zero-order valence-electron chi connectivity index (χ0n) is 19.1. The molecule has 2 aromatic rings. The quantitative estimate of drug-likeness (QED) is 0.389. The molecule has 0 aliphatic carbocycles. The van der Waals surface area contributed by atoms with E-state index in [9.17, 15) is 4.79 Å². The first kappa shape index (κ1) is 23.2. The fourth-order valence-corrected chi connectivity index (χ4v) is 3.88. The van der Waals surface area contributed by atoms with Gasteiger partial charge in [-0.3, -0.25) is 4.79 Å². The van der Waals surface area contributed by atoms with E-state index < -0.39 is 0 Å². The summed E-state index contributed by atoms with van der Waals surface area (Å²) in [6, 6.07) is 16.0. The molecule has 0 fully saturated rings. The fraction of sp³-hybridized carbons (Fsp3) is 0.519. The van der Waals surface area contributed by atoms with Gasteiger partial charge in [-0.1, -0.05) is 83.0 Å². The standard InChI is InChI=1S/C27H39NO/c1-6-8-9-11-22-13-16-25(17-14-22)26-18-15-23(20-24(26)7-2)12-10-19-28(5)27(29)21(3)4/h13-18,20-21H,6-12,19H2,1-5H3. The average Bonchev–Trinajstić information content (AvgIpc) is 2.73. The summed E-state index contributed by atoms with van der Waals surface area (Å²) >= 11 is 0. The van der Waals surface area contributed by atoms with Gasteiger partial charge in [0.25, 0.3) is 0 Å². The summed E-state index contributed by atoms with van der Waals surface area (Å²) in [4.78, 5) is 13.9. The van der Waals surface area contributed by atoms with Crippen LogP contribution in [0.2, 0.25) is 0 Å². The molecule has 0 atom stereocenters. The maximum Gasteiger partial charge on any atom is 0.224 e. The molecular formula is C27H39NO. The Morgan fingerprint density at radius 2 is 1.55 bits per heavy atom. The van der Waals surface area contributed by atoms with Crippen LogP contribution in [0.5, 0.6) is 0 Å². The Labute approximate surface area is 178 Å². The van der Waals surface area contributed by atoms with Crippen molar-refractivity contribution in [1.82, 2.24) is 4.90 Å². The molecule has 2 rings (SSSR count). The van der Waals surface area contributed by atoms with Crippen LogP contribution < -0.4 is 0 Å². The largest absolute Gasteiger partial charge is 0.346 e. The van der Waals surface area contributed by atoms with E-state index in [0.717, 1.165) is 25.8 Å². The van der Waals surface area contributed by atoms with Gasteiger partial charge in [-0.05, 0) is 59.9 Å². The molecule has 0 N–H and O–H groups in total. The van der Waals surface area contributed by atoms with Crippen LogP contribution in [-0.2, 0) is 24.1 Å². The molecule has 0 bridgehead atoms. The van der Waals surface area contributed by atoms with Gasteiger partial charge in [-0.2, -0.15) is 0 Å². The second-order valence-corrected chi connectivity index (χ2v) is 8.52. The first-order valence-electron chi connectivity index (χ1n) is 11.4. The van der Waals surface area contributed by atoms with Crippen LogP contribution in [0, 0.1) is 5.92 Å². The molecule has 0 aliphatic heterocycles. The topological polar surface area (TPSA) is 20.3 Å². The summed E-state index contributed by atoms with van der Waals surface area (Å²) < 4.78 is 0. The van der Waals surface area contributed by atoms with E-state index in [1.807, 2.05) is 25.8 Å². The van der Waals surface area contributed by atoms with Crippen LogP contribution in [0.25, 0.3) is 11.1 Å². The Bertz CT molecular complexity index is 761. The number of carbonyl (C=O) groups excluding carboxylic acids is 1. The Morgan fingerprint density at radius 3 is 2.17 bits per heavy atom. The maximum atomic E-state index is 12.0. The van der Waals surface area contributed by atoms with Gasteiger partial charge >= 0.3 is 0 Å². The molecule has 2 nitrogen and oxygen atoms in total. The highest BCUT2D eigenvalue weighted by Gasteiger charge is 2.12. The third kappa shape index (κ3) is 7.03. The highest BCUT2D eigenvalue weighted by Crippen LogP contribution is 2.26. The lowest BCUT2D eigenvalue weighted by atomic mass is 9.93. The van der Waals surface area contributed by atoms with Crippen molar-refractivity contribution in [3.05, 3.63) is 59.2 Å². The van der Waals surface area contributed by atoms with Crippen molar-refractivity contribution in [2.24, 2.45) is 5.92 Å². The van der Waals surface area contributed by atoms with Gasteiger partial charge in [-0.25, -0.2) is 0 Å². The summed E-state index contributed by atoms with van der Waals surface area (Å²) in [6.45, 7) is 9.23. The lowest BCUT2D eigenvalue weighted by molar-refractivity contribution is -0.133. The first-order valence-corrected chi connectivity index (χ1v) is 11.4. The van der Waals surface area contributed by atoms with Gasteiger partial charge in [0.2, 0.25) is 5.91 Å². The van der Waals surface area contributed by atoms with E-state index in [-0.39, 0.29) is 11.8 Å². The summed E-state index contributed by atoms with van der Waals surface area (Å²) in [6.07, 6.45) is 8.10. The number of hydrogen-bond acceptors (Lipinski definition) is 1. The van der Waals surface area contributed by atoms with Crippen molar-refractivity contribution in [1.29, 1.82) is 0 Å². The second kappa shape index (κ2) is 11.8. The molecule has 2 heteroatoms. The molecule has 0 saturated carbocycles. The molecular weight excluding hydrogens is 354 g/mol. The Hall–Kier alpha value is -2.09. The number of carbonyl (C=O) groups is 1. The fourth-order valence-electron chi connectivity index (χ4n) is 3.88. The van der Waals surface area contributed by atoms with Crippen LogP contribution in [0.3, 0.4) is 0 Å². The van der Waals surface area contributed by atoms with E-state index in [1.54, 1.807) is 0 Å². The summed E-state index contributed by atoms with van der Waals surface area (Å²) in [5.41, 5.74) is 6.88. The third-order valence-corrected chi connectivity index (χ3v) is 5.71. The van der Waals surface area contributed by atoms with E-state index in [2.05, 4.69) is 56.3 Å². The first-order chi connectivity index (χ1) is 14.0. The van der Waals surface area contributed by atoms with Gasteiger partial charge in [0.15, 0.2) is 0 Å². The Balaban J connectivity index is 2.00.